The van der Waals surface area contributed by atoms with E-state index in [0.717, 1.165) is 37.0 Å². The molecule has 11 heteroatoms. The topological polar surface area (TPSA) is 113 Å². The maximum atomic E-state index is 13.6. The molecule has 0 unspecified atom stereocenters. The number of rotatable bonds is 5. The lowest BCUT2D eigenvalue weighted by Crippen LogP contribution is -2.39. The van der Waals surface area contributed by atoms with E-state index in [1.54, 1.807) is 20.5 Å². The molecule has 11 nitrogen and oxygen atoms in total. The Balaban J connectivity index is 1.29. The number of nitrogens with one attached hydrogen (secondary N) is 2. The van der Waals surface area contributed by atoms with Crippen LogP contribution in [0.25, 0.3) is 27.6 Å². The first kappa shape index (κ1) is 26.0. The fourth-order valence-corrected chi connectivity index (χ4v) is 5.69. The Bertz CT molecular complexity index is 1910. The fourth-order valence-electron chi connectivity index (χ4n) is 5.69. The maximum Gasteiger partial charge on any atom is 0.278 e. The maximum absolute atomic E-state index is 13.6. The van der Waals surface area contributed by atoms with Gasteiger partial charge in [0, 0.05) is 42.1 Å². The summed E-state index contributed by atoms with van der Waals surface area (Å²) in [6, 6.07) is 11.8. The van der Waals surface area contributed by atoms with Crippen molar-refractivity contribution < 1.29 is 9.53 Å². The number of nitrogens with zero attached hydrogens (tertiary/aromatic N) is 6. The van der Waals surface area contributed by atoms with Crippen LogP contribution < -0.4 is 20.5 Å². The standard InChI is InChI=1S/C31H32N8O3/c1-36(2)14-11-20-17-32-25-15-21(7-9-23(20)25)34-31-33-18-24-29(35-31)39-22-8-10-27-26(16-22)37(28(40)19-42-27)12-5-3-4-6-13-38(39)30(24)41/h4,6-10,15-18,32H,3,5,11-14,19H2,1-2H3,(H,33,34,35). The highest BCUT2D eigenvalue weighted by Crippen LogP contribution is 2.35. The first-order valence-electron chi connectivity index (χ1n) is 14.2. The van der Waals surface area contributed by atoms with Crippen molar-refractivity contribution >= 4 is 45.2 Å². The zero-order chi connectivity index (χ0) is 28.8. The number of carbonyl (C=O) groups is 1. The lowest BCUT2D eigenvalue weighted by atomic mass is 10.1. The van der Waals surface area contributed by atoms with E-state index in [1.807, 2.05) is 36.4 Å². The molecule has 2 aliphatic rings. The van der Waals surface area contributed by atoms with Crippen molar-refractivity contribution in [2.75, 3.05) is 44.0 Å². The normalized spacial score (nSPS) is 15.0. The number of allylic oxidation sites excluding steroid dienone is 2. The van der Waals surface area contributed by atoms with Gasteiger partial charge in [0.15, 0.2) is 12.3 Å². The average molecular weight is 565 g/mol. The number of hydrogen-bond acceptors (Lipinski definition) is 7. The molecule has 2 aliphatic heterocycles. The Labute approximate surface area is 242 Å². The van der Waals surface area contributed by atoms with Crippen LogP contribution in [0.5, 0.6) is 5.75 Å². The van der Waals surface area contributed by atoms with Crippen LogP contribution >= 0.6 is 0 Å². The van der Waals surface area contributed by atoms with Crippen molar-refractivity contribution in [1.29, 1.82) is 0 Å². The summed E-state index contributed by atoms with van der Waals surface area (Å²) in [5, 5.41) is 4.92. The highest BCUT2D eigenvalue weighted by atomic mass is 16.5. The summed E-state index contributed by atoms with van der Waals surface area (Å²) in [6.07, 6.45) is 10.3. The van der Waals surface area contributed by atoms with Gasteiger partial charge >= 0.3 is 0 Å². The number of aromatic amines is 1. The van der Waals surface area contributed by atoms with Crippen LogP contribution in [0.1, 0.15) is 18.4 Å². The van der Waals surface area contributed by atoms with Gasteiger partial charge in [-0.2, -0.15) is 4.98 Å². The largest absolute Gasteiger partial charge is 0.482 e. The number of aromatic nitrogens is 5. The number of ether oxygens (including phenoxy) is 1. The zero-order valence-corrected chi connectivity index (χ0v) is 23.6. The highest BCUT2D eigenvalue weighted by Gasteiger charge is 2.27. The fraction of sp³-hybridized carbons (Fsp3) is 0.290. The van der Waals surface area contributed by atoms with Gasteiger partial charge < -0.3 is 24.8 Å². The van der Waals surface area contributed by atoms with Crippen LogP contribution in [0, 0.1) is 0 Å². The van der Waals surface area contributed by atoms with E-state index in [1.165, 1.54) is 10.9 Å². The summed E-state index contributed by atoms with van der Waals surface area (Å²) < 4.78 is 9.17. The molecule has 1 amide bonds. The highest BCUT2D eigenvalue weighted by molar-refractivity contribution is 5.98. The average Bonchev–Trinajstić information content (AvgIpc) is 3.51. The Morgan fingerprint density at radius 1 is 1.10 bits per heavy atom. The number of anilines is 3. The number of likely N-dealkylation sites (N-methyl/N-ethyl adjacent to an activating group) is 1. The molecule has 5 heterocycles. The molecule has 0 radical (unpaired) electrons. The summed E-state index contributed by atoms with van der Waals surface area (Å²) >= 11 is 0. The summed E-state index contributed by atoms with van der Waals surface area (Å²) in [7, 11) is 4.15. The minimum Gasteiger partial charge on any atom is -0.482 e. The number of benzene rings is 2. The number of amides is 1. The van der Waals surface area contributed by atoms with Crippen molar-refractivity contribution in [2.24, 2.45) is 0 Å². The van der Waals surface area contributed by atoms with E-state index in [2.05, 4.69) is 52.6 Å². The van der Waals surface area contributed by atoms with E-state index >= 15 is 0 Å². The Morgan fingerprint density at radius 3 is 2.88 bits per heavy atom. The van der Waals surface area contributed by atoms with Crippen LogP contribution in [0.4, 0.5) is 17.3 Å². The number of carbonyl (C=O) groups excluding carboxylic acids is 1. The van der Waals surface area contributed by atoms with Gasteiger partial charge in [-0.3, -0.25) is 9.59 Å². The molecular formula is C31H32N8O3. The molecule has 0 atom stereocenters. The van der Waals surface area contributed by atoms with E-state index in [9.17, 15) is 9.59 Å². The van der Waals surface area contributed by atoms with Crippen LogP contribution in [-0.2, 0) is 17.8 Å². The minimum absolute atomic E-state index is 0.0211. The van der Waals surface area contributed by atoms with Crippen LogP contribution in [0.2, 0.25) is 0 Å². The molecule has 3 aromatic heterocycles. The van der Waals surface area contributed by atoms with Gasteiger partial charge in [0.25, 0.3) is 11.5 Å². The lowest BCUT2D eigenvalue weighted by molar-refractivity contribution is -0.121. The van der Waals surface area contributed by atoms with Gasteiger partial charge in [0.2, 0.25) is 5.95 Å². The monoisotopic (exact) mass is 564 g/mol. The molecule has 2 N–H and O–H groups in total. The van der Waals surface area contributed by atoms with Gasteiger partial charge in [-0.05, 0) is 69.3 Å². The number of hydrogen-bond donors (Lipinski definition) is 2. The third kappa shape index (κ3) is 4.61. The molecular weight excluding hydrogens is 532 g/mol. The van der Waals surface area contributed by atoms with E-state index < -0.39 is 0 Å². The quantitative estimate of drug-likeness (QED) is 0.311. The van der Waals surface area contributed by atoms with Crippen LogP contribution in [-0.4, -0.2) is 68.9 Å². The Morgan fingerprint density at radius 2 is 2.00 bits per heavy atom. The third-order valence-electron chi connectivity index (χ3n) is 7.86. The van der Waals surface area contributed by atoms with Crippen molar-refractivity contribution in [3.05, 3.63) is 76.9 Å². The smallest absolute Gasteiger partial charge is 0.278 e. The number of fused-ring (bicyclic) bond motifs is 6. The Kier molecular flexibility index (Phi) is 6.50. The first-order chi connectivity index (χ1) is 20.5. The van der Waals surface area contributed by atoms with Gasteiger partial charge in [0.1, 0.15) is 11.1 Å². The first-order valence-corrected chi connectivity index (χ1v) is 14.2. The predicted octanol–water partition coefficient (Wildman–Crippen LogP) is 3.99. The molecule has 0 aliphatic carbocycles. The molecule has 0 spiro atoms. The van der Waals surface area contributed by atoms with E-state index in [0.29, 0.717) is 47.2 Å². The molecule has 2 bridgehead atoms. The predicted molar refractivity (Wildman–Crippen MR) is 163 cm³/mol. The van der Waals surface area contributed by atoms with Crippen molar-refractivity contribution in [3.8, 4) is 11.4 Å². The number of H-pyrrole nitrogens is 1. The van der Waals surface area contributed by atoms with Gasteiger partial charge in [-0.1, -0.05) is 18.2 Å². The second-order valence-corrected chi connectivity index (χ2v) is 11.0. The SMILES string of the molecule is CN(C)CCc1c[nH]c2cc(Nc3ncc4c(=O)n5n(c4n3)-c3ccc4c(c3)N(CCCC=CC5)C(=O)CO4)ccc12. The lowest BCUT2D eigenvalue weighted by Gasteiger charge is -2.30. The second-order valence-electron chi connectivity index (χ2n) is 11.0. The second kappa shape index (κ2) is 10.5. The third-order valence-corrected chi connectivity index (χ3v) is 7.86. The molecule has 0 fully saturated rings. The Hall–Kier alpha value is -4.90. The molecule has 7 rings (SSSR count). The summed E-state index contributed by atoms with van der Waals surface area (Å²) in [4.78, 5) is 42.9. The molecule has 0 saturated heterocycles. The minimum atomic E-state index is -0.182. The van der Waals surface area contributed by atoms with Crippen molar-refractivity contribution in [1.82, 2.24) is 29.2 Å². The summed E-state index contributed by atoms with van der Waals surface area (Å²) in [5.41, 5.74) is 4.84. The summed E-state index contributed by atoms with van der Waals surface area (Å²) in [6.45, 7) is 1.98. The van der Waals surface area contributed by atoms with Gasteiger partial charge in [-0.25, -0.2) is 14.3 Å². The molecule has 42 heavy (non-hydrogen) atoms. The van der Waals surface area contributed by atoms with Crippen molar-refractivity contribution in [2.45, 2.75) is 25.8 Å². The van der Waals surface area contributed by atoms with Crippen molar-refractivity contribution in [3.63, 3.8) is 0 Å². The zero-order valence-electron chi connectivity index (χ0n) is 23.6. The molecule has 214 valence electrons. The van der Waals surface area contributed by atoms with Gasteiger partial charge in [0.05, 0.1) is 17.9 Å². The molecule has 5 aromatic rings. The van der Waals surface area contributed by atoms with Crippen LogP contribution in [0.3, 0.4) is 0 Å². The van der Waals surface area contributed by atoms with Gasteiger partial charge in [-0.15, -0.1) is 0 Å². The summed E-state index contributed by atoms with van der Waals surface area (Å²) in [5.74, 6) is 0.952. The van der Waals surface area contributed by atoms with Crippen LogP contribution in [0.15, 0.2) is 65.7 Å². The van der Waals surface area contributed by atoms with E-state index in [4.69, 9.17) is 9.72 Å². The molecule has 2 aromatic carbocycles. The molecule has 0 saturated carbocycles. The van der Waals surface area contributed by atoms with E-state index in [-0.39, 0.29) is 18.1 Å².